The number of benzene rings is 1. The van der Waals surface area contributed by atoms with Gasteiger partial charge in [-0.1, -0.05) is 25.0 Å². The molecule has 0 radical (unpaired) electrons. The van der Waals surface area contributed by atoms with Gasteiger partial charge in [0.2, 0.25) is 0 Å². The zero-order chi connectivity index (χ0) is 26.2. The number of piperazine rings is 1. The van der Waals surface area contributed by atoms with Gasteiger partial charge in [-0.25, -0.2) is 0 Å². The molecule has 0 bridgehead atoms. The Hall–Kier alpha value is -3.74. The van der Waals surface area contributed by atoms with Crippen molar-refractivity contribution in [2.24, 2.45) is 5.92 Å². The molecule has 0 spiro atoms. The molecule has 37 heavy (non-hydrogen) atoms. The molecule has 5 rings (SSSR count). The molecule has 0 N–H and O–H groups in total. The first-order valence-corrected chi connectivity index (χ1v) is 12.5. The van der Waals surface area contributed by atoms with Crippen molar-refractivity contribution in [3.63, 3.8) is 0 Å². The number of rotatable bonds is 4. The highest BCUT2D eigenvalue weighted by Gasteiger charge is 2.45. The van der Waals surface area contributed by atoms with Gasteiger partial charge in [0, 0.05) is 50.4 Å². The summed E-state index contributed by atoms with van der Waals surface area (Å²) >= 11 is 0. The van der Waals surface area contributed by atoms with Crippen LogP contribution >= 0.6 is 0 Å². The number of nitriles is 1. The monoisotopic (exact) mass is 512 g/mol. The van der Waals surface area contributed by atoms with Crippen LogP contribution in [-0.2, 0) is 17.5 Å². The van der Waals surface area contributed by atoms with Gasteiger partial charge in [0.15, 0.2) is 5.76 Å². The summed E-state index contributed by atoms with van der Waals surface area (Å²) in [4.78, 5) is 31.7. The number of amides is 2. The van der Waals surface area contributed by atoms with Gasteiger partial charge in [-0.3, -0.25) is 9.59 Å². The van der Waals surface area contributed by atoms with Crippen LogP contribution in [0.15, 0.2) is 58.3 Å². The van der Waals surface area contributed by atoms with Crippen LogP contribution < -0.4 is 0 Å². The number of furan rings is 1. The average molecular weight is 513 g/mol. The number of hydrogen-bond acceptors (Lipinski definition) is 5. The van der Waals surface area contributed by atoms with Gasteiger partial charge >= 0.3 is 6.18 Å². The lowest BCUT2D eigenvalue weighted by Crippen LogP contribution is -2.56. The van der Waals surface area contributed by atoms with Crippen molar-refractivity contribution < 1.29 is 27.2 Å². The van der Waals surface area contributed by atoms with Crippen LogP contribution in [0.4, 0.5) is 13.2 Å². The maximum absolute atomic E-state index is 13.6. The maximum atomic E-state index is 13.6. The van der Waals surface area contributed by atoms with Gasteiger partial charge in [-0.2, -0.15) is 18.4 Å². The normalized spacial score (nSPS) is 22.6. The minimum absolute atomic E-state index is 0.0251. The van der Waals surface area contributed by atoms with Crippen molar-refractivity contribution in [1.82, 2.24) is 14.7 Å². The molecule has 2 fully saturated rings. The topological polar surface area (TPSA) is 80.8 Å². The first kappa shape index (κ1) is 24.9. The van der Waals surface area contributed by atoms with E-state index in [4.69, 9.17) is 4.42 Å². The second-order valence-electron chi connectivity index (χ2n) is 9.71. The third-order valence-electron chi connectivity index (χ3n) is 7.60. The van der Waals surface area contributed by atoms with E-state index in [-0.39, 0.29) is 41.7 Å². The van der Waals surface area contributed by atoms with E-state index in [9.17, 15) is 28.0 Å². The van der Waals surface area contributed by atoms with Crippen LogP contribution in [0.1, 0.15) is 47.4 Å². The lowest BCUT2D eigenvalue weighted by Gasteiger charge is -2.49. The quantitative estimate of drug-likeness (QED) is 0.605. The van der Waals surface area contributed by atoms with E-state index in [1.165, 1.54) is 18.4 Å². The molecule has 7 nitrogen and oxygen atoms in total. The minimum Gasteiger partial charge on any atom is -0.459 e. The summed E-state index contributed by atoms with van der Waals surface area (Å²) in [5, 5.41) is 10.0. The minimum atomic E-state index is -4.42. The Morgan fingerprint density at radius 2 is 1.76 bits per heavy atom. The second-order valence-corrected chi connectivity index (χ2v) is 9.71. The predicted molar refractivity (Wildman–Crippen MR) is 127 cm³/mol. The van der Waals surface area contributed by atoms with Crippen molar-refractivity contribution in [2.75, 3.05) is 26.2 Å². The smallest absolute Gasteiger partial charge is 0.416 e. The predicted octanol–water partition coefficient (Wildman–Crippen LogP) is 4.44. The Morgan fingerprint density at radius 1 is 1.05 bits per heavy atom. The summed E-state index contributed by atoms with van der Waals surface area (Å²) < 4.78 is 44.2. The van der Waals surface area contributed by atoms with Crippen molar-refractivity contribution in [3.05, 3.63) is 70.8 Å². The Bertz CT molecular complexity index is 1220. The third-order valence-corrected chi connectivity index (χ3v) is 7.60. The lowest BCUT2D eigenvalue weighted by atomic mass is 9.76. The molecular weight excluding hydrogens is 485 g/mol. The average Bonchev–Trinajstić information content (AvgIpc) is 3.44. The first-order valence-electron chi connectivity index (χ1n) is 12.5. The van der Waals surface area contributed by atoms with E-state index < -0.39 is 11.7 Å². The van der Waals surface area contributed by atoms with Gasteiger partial charge < -0.3 is 19.1 Å². The molecule has 1 aliphatic carbocycles. The van der Waals surface area contributed by atoms with E-state index in [1.807, 2.05) is 0 Å². The summed E-state index contributed by atoms with van der Waals surface area (Å²) in [6.45, 7) is 2.05. The van der Waals surface area contributed by atoms with E-state index in [0.717, 1.165) is 43.5 Å². The Labute approximate surface area is 212 Å². The van der Waals surface area contributed by atoms with E-state index in [0.29, 0.717) is 31.7 Å². The largest absolute Gasteiger partial charge is 0.459 e. The van der Waals surface area contributed by atoms with Crippen LogP contribution in [0, 0.1) is 17.2 Å². The maximum Gasteiger partial charge on any atom is 0.416 e. The van der Waals surface area contributed by atoms with Crippen molar-refractivity contribution in [2.45, 2.75) is 44.4 Å². The molecule has 1 aromatic carbocycles. The Morgan fingerprint density at radius 3 is 2.38 bits per heavy atom. The van der Waals surface area contributed by atoms with Crippen molar-refractivity contribution >= 4 is 11.8 Å². The Balaban J connectivity index is 1.37. The number of hydrogen-bond donors (Lipinski definition) is 0. The van der Waals surface area contributed by atoms with E-state index in [1.54, 1.807) is 21.9 Å². The number of halogens is 3. The lowest BCUT2D eigenvalue weighted by molar-refractivity contribution is -0.137. The molecule has 10 heteroatoms. The van der Waals surface area contributed by atoms with E-state index in [2.05, 4.69) is 11.0 Å². The van der Waals surface area contributed by atoms with Crippen LogP contribution in [-0.4, -0.2) is 58.7 Å². The molecule has 2 unspecified atom stereocenters. The third kappa shape index (κ3) is 4.82. The van der Waals surface area contributed by atoms with Crippen molar-refractivity contribution in [3.8, 4) is 6.07 Å². The molecule has 2 aromatic rings. The fourth-order valence-electron chi connectivity index (χ4n) is 5.78. The first-order chi connectivity index (χ1) is 17.8. The number of alkyl halides is 3. The molecule has 2 atom stereocenters. The number of carbonyl (C=O) groups is 2. The van der Waals surface area contributed by atoms with Gasteiger partial charge in [0.1, 0.15) is 11.6 Å². The molecule has 3 heterocycles. The van der Waals surface area contributed by atoms with Crippen LogP contribution in [0.25, 0.3) is 0 Å². The standard InChI is InChI=1S/C27H27F3N4O3/c28-27(29,30)19-9-7-18(8-10-19)17-34-22-5-2-1-4-20(22)24(21(16-31)25(34)35)32-11-13-33(14-12-32)26(36)23-6-3-15-37-23/h3,6-10,15,20,22H,1-2,4-5,11-14,17H2. The molecule has 2 aliphatic heterocycles. The molecular formula is C27H27F3N4O3. The molecule has 1 saturated carbocycles. The zero-order valence-electron chi connectivity index (χ0n) is 20.2. The van der Waals surface area contributed by atoms with Crippen LogP contribution in [0.3, 0.4) is 0 Å². The van der Waals surface area contributed by atoms with E-state index >= 15 is 0 Å². The summed E-state index contributed by atoms with van der Waals surface area (Å²) in [6.07, 6.45) is 0.553. The highest BCUT2D eigenvalue weighted by Crippen LogP contribution is 2.42. The van der Waals surface area contributed by atoms with Crippen molar-refractivity contribution in [1.29, 1.82) is 5.26 Å². The fraction of sp³-hybridized carbons (Fsp3) is 0.444. The second kappa shape index (κ2) is 9.96. The molecule has 1 aromatic heterocycles. The highest BCUT2D eigenvalue weighted by molar-refractivity contribution is 5.99. The summed E-state index contributed by atoms with van der Waals surface area (Å²) in [5.74, 6) is -0.306. The van der Waals surface area contributed by atoms with Gasteiger partial charge in [-0.05, 0) is 42.7 Å². The molecule has 2 amide bonds. The summed E-state index contributed by atoms with van der Waals surface area (Å²) in [5.41, 5.74) is 0.713. The number of nitrogens with zero attached hydrogens (tertiary/aromatic N) is 4. The molecule has 194 valence electrons. The van der Waals surface area contributed by atoms with Crippen LogP contribution in [0.2, 0.25) is 0 Å². The molecule has 1 saturated heterocycles. The summed E-state index contributed by atoms with van der Waals surface area (Å²) in [7, 11) is 0. The van der Waals surface area contributed by atoms with Crippen LogP contribution in [0.5, 0.6) is 0 Å². The summed E-state index contributed by atoms with van der Waals surface area (Å²) in [6, 6.07) is 10.2. The zero-order valence-corrected chi connectivity index (χ0v) is 20.2. The Kier molecular flexibility index (Phi) is 6.71. The molecule has 3 aliphatic rings. The SMILES string of the molecule is N#CC1=C(N2CCN(C(=O)c3ccco3)CC2)C2CCCCC2N(Cc2ccc(C(F)(F)F)cc2)C1=O. The number of fused-ring (bicyclic) bond motifs is 1. The van der Waals surface area contributed by atoms with Gasteiger partial charge in [0.05, 0.1) is 11.8 Å². The fourth-order valence-corrected chi connectivity index (χ4v) is 5.78. The van der Waals surface area contributed by atoms with Gasteiger partial charge in [-0.15, -0.1) is 0 Å². The van der Waals surface area contributed by atoms with Gasteiger partial charge in [0.25, 0.3) is 11.8 Å². The highest BCUT2D eigenvalue weighted by atomic mass is 19.4. The number of carbonyl (C=O) groups excluding carboxylic acids is 2.